The van der Waals surface area contributed by atoms with Crippen molar-refractivity contribution in [3.8, 4) is 5.69 Å². The zero-order chi connectivity index (χ0) is 12.2. The van der Waals surface area contributed by atoms with Gasteiger partial charge < -0.3 is 14.9 Å². The molecule has 18 heavy (non-hydrogen) atoms. The number of aromatic nitrogens is 3. The highest BCUT2D eigenvalue weighted by Gasteiger charge is 1.98. The van der Waals surface area contributed by atoms with Crippen LogP contribution >= 0.6 is 0 Å². The Labute approximate surface area is 105 Å². The molecule has 90 valence electrons. The molecule has 4 heteroatoms. The Hall–Kier alpha value is -2.49. The molecule has 0 spiro atoms. The van der Waals surface area contributed by atoms with Crippen LogP contribution in [-0.2, 0) is 6.54 Å². The standard InChI is InChI=1S/C14H14N4/c1-2-9-18(8-1)13-5-3-4-12(10-13)17-11-14-15-6-7-16-14/h1-10,17H,11H2,(H,15,16). The van der Waals surface area contributed by atoms with E-state index >= 15 is 0 Å². The lowest BCUT2D eigenvalue weighted by Gasteiger charge is -2.08. The van der Waals surface area contributed by atoms with Gasteiger partial charge >= 0.3 is 0 Å². The summed E-state index contributed by atoms with van der Waals surface area (Å²) in [6.45, 7) is 0.697. The molecule has 1 aromatic carbocycles. The largest absolute Gasteiger partial charge is 0.378 e. The second kappa shape index (κ2) is 4.79. The van der Waals surface area contributed by atoms with E-state index in [0.29, 0.717) is 6.54 Å². The number of hydrogen-bond acceptors (Lipinski definition) is 2. The van der Waals surface area contributed by atoms with Crippen LogP contribution in [0.5, 0.6) is 0 Å². The molecule has 0 saturated heterocycles. The lowest BCUT2D eigenvalue weighted by molar-refractivity contribution is 0.997. The maximum absolute atomic E-state index is 4.18. The first-order valence-corrected chi connectivity index (χ1v) is 5.87. The summed E-state index contributed by atoms with van der Waals surface area (Å²) < 4.78 is 2.08. The minimum absolute atomic E-state index is 0.697. The quantitative estimate of drug-likeness (QED) is 0.734. The van der Waals surface area contributed by atoms with Crippen molar-refractivity contribution >= 4 is 5.69 Å². The molecule has 0 unspecified atom stereocenters. The Morgan fingerprint density at radius 3 is 2.83 bits per heavy atom. The van der Waals surface area contributed by atoms with Crippen LogP contribution in [0, 0.1) is 0 Å². The van der Waals surface area contributed by atoms with Gasteiger partial charge in [-0.1, -0.05) is 6.07 Å². The second-order valence-electron chi connectivity index (χ2n) is 4.03. The van der Waals surface area contributed by atoms with Crippen molar-refractivity contribution in [2.45, 2.75) is 6.54 Å². The molecule has 3 aromatic rings. The Morgan fingerprint density at radius 1 is 1.17 bits per heavy atom. The minimum atomic E-state index is 0.697. The van der Waals surface area contributed by atoms with Crippen LogP contribution < -0.4 is 5.32 Å². The second-order valence-corrected chi connectivity index (χ2v) is 4.03. The van der Waals surface area contributed by atoms with Gasteiger partial charge in [0.05, 0.1) is 6.54 Å². The van der Waals surface area contributed by atoms with E-state index < -0.39 is 0 Å². The fourth-order valence-corrected chi connectivity index (χ4v) is 1.86. The summed E-state index contributed by atoms with van der Waals surface area (Å²) in [6, 6.07) is 12.3. The number of H-pyrrole nitrogens is 1. The van der Waals surface area contributed by atoms with Crippen LogP contribution in [0.3, 0.4) is 0 Å². The van der Waals surface area contributed by atoms with E-state index in [0.717, 1.165) is 17.2 Å². The first-order chi connectivity index (χ1) is 8.92. The third-order valence-electron chi connectivity index (χ3n) is 2.76. The number of anilines is 1. The van der Waals surface area contributed by atoms with Crippen LogP contribution in [0.4, 0.5) is 5.69 Å². The van der Waals surface area contributed by atoms with Crippen molar-refractivity contribution in [2.75, 3.05) is 5.32 Å². The SMILES string of the molecule is c1cc(NCc2ncc[nH]2)cc(-n2cccc2)c1. The molecule has 2 aromatic heterocycles. The topological polar surface area (TPSA) is 45.6 Å². The van der Waals surface area contributed by atoms with Gasteiger partial charge in [0.2, 0.25) is 0 Å². The summed E-state index contributed by atoms with van der Waals surface area (Å²) in [5, 5.41) is 3.34. The highest BCUT2D eigenvalue weighted by Crippen LogP contribution is 2.15. The van der Waals surface area contributed by atoms with E-state index in [9.17, 15) is 0 Å². The van der Waals surface area contributed by atoms with Crippen LogP contribution in [0.2, 0.25) is 0 Å². The van der Waals surface area contributed by atoms with Gasteiger partial charge in [-0.05, 0) is 30.3 Å². The number of hydrogen-bond donors (Lipinski definition) is 2. The number of benzene rings is 1. The molecule has 0 radical (unpaired) electrons. The molecule has 3 rings (SSSR count). The van der Waals surface area contributed by atoms with Crippen molar-refractivity contribution in [2.24, 2.45) is 0 Å². The van der Waals surface area contributed by atoms with E-state index in [-0.39, 0.29) is 0 Å². The molecule has 0 fully saturated rings. The molecule has 4 nitrogen and oxygen atoms in total. The number of nitrogens with zero attached hydrogens (tertiary/aromatic N) is 2. The van der Waals surface area contributed by atoms with E-state index in [2.05, 4.69) is 38.1 Å². The van der Waals surface area contributed by atoms with Crippen LogP contribution in [0.1, 0.15) is 5.82 Å². The summed E-state index contributed by atoms with van der Waals surface area (Å²) in [4.78, 5) is 7.25. The Balaban J connectivity index is 1.75. The van der Waals surface area contributed by atoms with Gasteiger partial charge in [0.15, 0.2) is 0 Å². The zero-order valence-electron chi connectivity index (χ0n) is 9.88. The summed E-state index contributed by atoms with van der Waals surface area (Å²) in [5.74, 6) is 0.932. The fraction of sp³-hybridized carbons (Fsp3) is 0.0714. The molecule has 0 atom stereocenters. The van der Waals surface area contributed by atoms with E-state index in [4.69, 9.17) is 0 Å². The molecule has 2 N–H and O–H groups in total. The van der Waals surface area contributed by atoms with Gasteiger partial charge in [0.25, 0.3) is 0 Å². The zero-order valence-corrected chi connectivity index (χ0v) is 9.88. The molecular formula is C14H14N4. The van der Waals surface area contributed by atoms with Gasteiger partial charge in [-0.2, -0.15) is 0 Å². The number of aromatic amines is 1. The molecule has 0 aliphatic heterocycles. The smallest absolute Gasteiger partial charge is 0.125 e. The summed E-state index contributed by atoms with van der Waals surface area (Å²) in [5.41, 5.74) is 2.22. The average molecular weight is 238 g/mol. The molecule has 0 aliphatic carbocycles. The molecular weight excluding hydrogens is 224 g/mol. The van der Waals surface area contributed by atoms with Gasteiger partial charge in [-0.25, -0.2) is 4.98 Å². The molecule has 0 saturated carbocycles. The predicted molar refractivity (Wildman–Crippen MR) is 71.7 cm³/mol. The van der Waals surface area contributed by atoms with Crippen LogP contribution in [0.25, 0.3) is 5.69 Å². The normalized spacial score (nSPS) is 10.4. The first kappa shape index (κ1) is 10.7. The van der Waals surface area contributed by atoms with E-state index in [1.54, 1.807) is 6.20 Å². The summed E-state index contributed by atoms with van der Waals surface area (Å²) >= 11 is 0. The average Bonchev–Trinajstić information content (AvgIpc) is 3.10. The lowest BCUT2D eigenvalue weighted by atomic mass is 10.2. The minimum Gasteiger partial charge on any atom is -0.378 e. The summed E-state index contributed by atoms with van der Waals surface area (Å²) in [7, 11) is 0. The maximum Gasteiger partial charge on any atom is 0.125 e. The predicted octanol–water partition coefficient (Wildman–Crippen LogP) is 2.81. The van der Waals surface area contributed by atoms with Crippen molar-refractivity contribution in [3.05, 3.63) is 67.0 Å². The number of imidazole rings is 1. The third kappa shape index (κ3) is 2.27. The van der Waals surface area contributed by atoms with E-state index in [1.165, 1.54) is 0 Å². The summed E-state index contributed by atoms with van der Waals surface area (Å²) in [6.07, 6.45) is 7.65. The van der Waals surface area contributed by atoms with Crippen molar-refractivity contribution < 1.29 is 0 Å². The third-order valence-corrected chi connectivity index (χ3v) is 2.76. The van der Waals surface area contributed by atoms with Crippen molar-refractivity contribution in [1.29, 1.82) is 0 Å². The van der Waals surface area contributed by atoms with Gasteiger partial charge in [-0.15, -0.1) is 0 Å². The highest BCUT2D eigenvalue weighted by molar-refractivity contribution is 5.51. The van der Waals surface area contributed by atoms with Crippen LogP contribution in [0.15, 0.2) is 61.2 Å². The van der Waals surface area contributed by atoms with E-state index in [1.807, 2.05) is 36.8 Å². The molecule has 2 heterocycles. The maximum atomic E-state index is 4.18. The Kier molecular flexibility index (Phi) is 2.84. The van der Waals surface area contributed by atoms with Gasteiger partial charge in [0, 0.05) is 36.2 Å². The Morgan fingerprint density at radius 2 is 2.06 bits per heavy atom. The van der Waals surface area contributed by atoms with Crippen molar-refractivity contribution in [3.63, 3.8) is 0 Å². The number of rotatable bonds is 4. The Bertz CT molecular complexity index is 597. The molecule has 0 bridgehead atoms. The molecule has 0 amide bonds. The monoisotopic (exact) mass is 238 g/mol. The highest BCUT2D eigenvalue weighted by atomic mass is 15.0. The molecule has 0 aliphatic rings. The van der Waals surface area contributed by atoms with Gasteiger partial charge in [-0.3, -0.25) is 0 Å². The number of nitrogens with one attached hydrogen (secondary N) is 2. The van der Waals surface area contributed by atoms with Crippen LogP contribution in [-0.4, -0.2) is 14.5 Å². The van der Waals surface area contributed by atoms with Crippen molar-refractivity contribution in [1.82, 2.24) is 14.5 Å². The van der Waals surface area contributed by atoms with Gasteiger partial charge in [0.1, 0.15) is 5.82 Å². The fourth-order valence-electron chi connectivity index (χ4n) is 1.86. The first-order valence-electron chi connectivity index (χ1n) is 5.87. The lowest BCUT2D eigenvalue weighted by Crippen LogP contribution is -2.01.